The summed E-state index contributed by atoms with van der Waals surface area (Å²) in [6.07, 6.45) is 4.79. The monoisotopic (exact) mass is 249 g/mol. The molecule has 3 N–H and O–H groups in total. The Balaban J connectivity index is 2.05. The highest BCUT2D eigenvalue weighted by atomic mass is 16.5. The standard InChI is InChI=1S/C15H23NO2/c1-11(16)12-6-5-7-13(10-12)18-15-9-4-2-3-8-14(15)17/h5-7,10-11,14-15,17H,2-4,8-9,16H2,1H3/t11-,14?,15?/m0/s1. The van der Waals surface area contributed by atoms with Crippen molar-refractivity contribution in [3.05, 3.63) is 29.8 Å². The first-order valence-electron chi connectivity index (χ1n) is 6.87. The van der Waals surface area contributed by atoms with Crippen molar-refractivity contribution in [2.24, 2.45) is 5.73 Å². The zero-order valence-corrected chi connectivity index (χ0v) is 11.0. The molecule has 0 amide bonds. The Kier molecular flexibility index (Phi) is 4.61. The first kappa shape index (κ1) is 13.4. The first-order chi connectivity index (χ1) is 8.66. The fourth-order valence-electron chi connectivity index (χ4n) is 2.44. The molecule has 1 aliphatic carbocycles. The maximum Gasteiger partial charge on any atom is 0.124 e. The van der Waals surface area contributed by atoms with Crippen LogP contribution in [0, 0.1) is 0 Å². The molecule has 0 bridgehead atoms. The summed E-state index contributed by atoms with van der Waals surface area (Å²) in [5.74, 6) is 0.816. The van der Waals surface area contributed by atoms with E-state index in [1.165, 1.54) is 6.42 Å². The normalized spacial score (nSPS) is 26.4. The van der Waals surface area contributed by atoms with E-state index in [-0.39, 0.29) is 18.2 Å². The third-order valence-corrected chi connectivity index (χ3v) is 3.59. The Morgan fingerprint density at radius 1 is 1.28 bits per heavy atom. The highest BCUT2D eigenvalue weighted by molar-refractivity contribution is 5.30. The summed E-state index contributed by atoms with van der Waals surface area (Å²) in [4.78, 5) is 0. The van der Waals surface area contributed by atoms with Crippen molar-refractivity contribution in [1.82, 2.24) is 0 Å². The van der Waals surface area contributed by atoms with E-state index in [4.69, 9.17) is 10.5 Å². The van der Waals surface area contributed by atoms with Gasteiger partial charge in [0, 0.05) is 6.04 Å². The van der Waals surface area contributed by atoms with Crippen molar-refractivity contribution in [2.45, 2.75) is 57.3 Å². The van der Waals surface area contributed by atoms with Crippen LogP contribution in [0.5, 0.6) is 5.75 Å². The Morgan fingerprint density at radius 3 is 2.83 bits per heavy atom. The minimum Gasteiger partial charge on any atom is -0.488 e. The number of hydrogen-bond donors (Lipinski definition) is 2. The van der Waals surface area contributed by atoms with Gasteiger partial charge >= 0.3 is 0 Å². The second-order valence-corrected chi connectivity index (χ2v) is 5.22. The molecule has 1 aliphatic rings. The van der Waals surface area contributed by atoms with Gasteiger partial charge in [-0.15, -0.1) is 0 Å². The van der Waals surface area contributed by atoms with Crippen molar-refractivity contribution in [3.63, 3.8) is 0 Å². The number of ether oxygens (including phenoxy) is 1. The van der Waals surface area contributed by atoms with E-state index >= 15 is 0 Å². The fourth-order valence-corrected chi connectivity index (χ4v) is 2.44. The van der Waals surface area contributed by atoms with E-state index in [0.29, 0.717) is 0 Å². The van der Waals surface area contributed by atoms with Crippen LogP contribution in [0.2, 0.25) is 0 Å². The van der Waals surface area contributed by atoms with Gasteiger partial charge in [0.2, 0.25) is 0 Å². The average Bonchev–Trinajstić information content (AvgIpc) is 2.55. The molecule has 0 aromatic heterocycles. The molecular formula is C15H23NO2. The van der Waals surface area contributed by atoms with Crippen LogP contribution in [-0.4, -0.2) is 17.3 Å². The Hall–Kier alpha value is -1.06. The molecular weight excluding hydrogens is 226 g/mol. The van der Waals surface area contributed by atoms with Gasteiger partial charge in [-0.05, 0) is 43.9 Å². The smallest absolute Gasteiger partial charge is 0.124 e. The van der Waals surface area contributed by atoms with Gasteiger partial charge in [0.25, 0.3) is 0 Å². The van der Waals surface area contributed by atoms with Gasteiger partial charge in [-0.3, -0.25) is 0 Å². The summed E-state index contributed by atoms with van der Waals surface area (Å²) >= 11 is 0. The summed E-state index contributed by atoms with van der Waals surface area (Å²) in [5.41, 5.74) is 6.93. The Bertz CT molecular complexity index is 379. The molecule has 0 aliphatic heterocycles. The van der Waals surface area contributed by atoms with Gasteiger partial charge in [0.15, 0.2) is 0 Å². The van der Waals surface area contributed by atoms with Crippen LogP contribution >= 0.6 is 0 Å². The summed E-state index contributed by atoms with van der Waals surface area (Å²) in [6, 6.07) is 7.87. The maximum atomic E-state index is 10.0. The van der Waals surface area contributed by atoms with Crippen LogP contribution in [0.1, 0.15) is 50.6 Å². The Morgan fingerprint density at radius 2 is 2.06 bits per heavy atom. The number of aliphatic hydroxyl groups excluding tert-OH is 1. The topological polar surface area (TPSA) is 55.5 Å². The quantitative estimate of drug-likeness (QED) is 0.810. The van der Waals surface area contributed by atoms with Gasteiger partial charge in [0.05, 0.1) is 6.10 Å². The van der Waals surface area contributed by atoms with Crippen LogP contribution in [0.3, 0.4) is 0 Å². The van der Waals surface area contributed by atoms with Crippen LogP contribution in [0.25, 0.3) is 0 Å². The molecule has 3 atom stereocenters. The lowest BCUT2D eigenvalue weighted by atomic mass is 10.1. The summed E-state index contributed by atoms with van der Waals surface area (Å²) in [5, 5.41) is 10.0. The molecule has 0 heterocycles. The zero-order chi connectivity index (χ0) is 13.0. The van der Waals surface area contributed by atoms with E-state index in [0.717, 1.165) is 37.0 Å². The number of rotatable bonds is 3. The van der Waals surface area contributed by atoms with E-state index in [2.05, 4.69) is 0 Å². The molecule has 1 fully saturated rings. The van der Waals surface area contributed by atoms with E-state index in [9.17, 15) is 5.11 Å². The fraction of sp³-hybridized carbons (Fsp3) is 0.600. The average molecular weight is 249 g/mol. The highest BCUT2D eigenvalue weighted by Gasteiger charge is 2.23. The second-order valence-electron chi connectivity index (χ2n) is 5.22. The molecule has 2 unspecified atom stereocenters. The number of nitrogens with two attached hydrogens (primary N) is 1. The summed E-state index contributed by atoms with van der Waals surface area (Å²) < 4.78 is 5.93. The lowest BCUT2D eigenvalue weighted by Crippen LogP contribution is -2.30. The largest absolute Gasteiger partial charge is 0.488 e. The van der Waals surface area contributed by atoms with E-state index < -0.39 is 0 Å². The van der Waals surface area contributed by atoms with Crippen molar-refractivity contribution in [1.29, 1.82) is 0 Å². The van der Waals surface area contributed by atoms with Gasteiger partial charge in [-0.25, -0.2) is 0 Å². The van der Waals surface area contributed by atoms with Crippen LogP contribution in [0.15, 0.2) is 24.3 Å². The molecule has 1 aromatic rings. The molecule has 0 saturated heterocycles. The molecule has 100 valence electrons. The molecule has 0 spiro atoms. The lowest BCUT2D eigenvalue weighted by molar-refractivity contribution is 0.0319. The van der Waals surface area contributed by atoms with Crippen LogP contribution in [-0.2, 0) is 0 Å². The molecule has 1 saturated carbocycles. The van der Waals surface area contributed by atoms with E-state index in [1.54, 1.807) is 0 Å². The Labute approximate surface area is 109 Å². The van der Waals surface area contributed by atoms with Gasteiger partial charge in [-0.1, -0.05) is 25.0 Å². The predicted molar refractivity (Wildman–Crippen MR) is 72.6 cm³/mol. The predicted octanol–water partition coefficient (Wildman–Crippen LogP) is 2.78. The molecule has 18 heavy (non-hydrogen) atoms. The summed E-state index contributed by atoms with van der Waals surface area (Å²) in [6.45, 7) is 1.96. The molecule has 1 aromatic carbocycles. The molecule has 3 nitrogen and oxygen atoms in total. The molecule has 3 heteroatoms. The minimum atomic E-state index is -0.341. The van der Waals surface area contributed by atoms with Gasteiger partial charge in [-0.2, -0.15) is 0 Å². The van der Waals surface area contributed by atoms with Crippen LogP contribution < -0.4 is 10.5 Å². The number of aliphatic hydroxyl groups is 1. The first-order valence-corrected chi connectivity index (χ1v) is 6.87. The zero-order valence-electron chi connectivity index (χ0n) is 11.0. The SMILES string of the molecule is C[C@H](N)c1cccc(OC2CCCCCC2O)c1. The number of hydrogen-bond acceptors (Lipinski definition) is 3. The maximum absolute atomic E-state index is 10.0. The second kappa shape index (κ2) is 6.21. The molecule has 2 rings (SSSR count). The third-order valence-electron chi connectivity index (χ3n) is 3.59. The van der Waals surface area contributed by atoms with Crippen LogP contribution in [0.4, 0.5) is 0 Å². The third kappa shape index (κ3) is 3.47. The van der Waals surface area contributed by atoms with E-state index in [1.807, 2.05) is 31.2 Å². The molecule has 0 radical (unpaired) electrons. The van der Waals surface area contributed by atoms with Crippen molar-refractivity contribution in [3.8, 4) is 5.75 Å². The minimum absolute atomic E-state index is 0.00704. The van der Waals surface area contributed by atoms with Gasteiger partial charge in [0.1, 0.15) is 11.9 Å². The van der Waals surface area contributed by atoms with Crippen molar-refractivity contribution in [2.75, 3.05) is 0 Å². The summed E-state index contributed by atoms with van der Waals surface area (Å²) in [7, 11) is 0. The lowest BCUT2D eigenvalue weighted by Gasteiger charge is -2.22. The highest BCUT2D eigenvalue weighted by Crippen LogP contribution is 2.24. The number of benzene rings is 1. The van der Waals surface area contributed by atoms with Gasteiger partial charge < -0.3 is 15.6 Å². The van der Waals surface area contributed by atoms with Crippen molar-refractivity contribution < 1.29 is 9.84 Å². The van der Waals surface area contributed by atoms with Crippen molar-refractivity contribution >= 4 is 0 Å².